The Morgan fingerprint density at radius 3 is 2.27 bits per heavy atom. The fraction of sp³-hybridized carbons (Fsp3) is 0.222. The van der Waals surface area contributed by atoms with Gasteiger partial charge in [-0.3, -0.25) is 10.1 Å². The number of rotatable bonds is 3. The highest BCUT2D eigenvalue weighted by atomic mass is 35.5. The van der Waals surface area contributed by atoms with Crippen molar-refractivity contribution in [2.75, 3.05) is 0 Å². The molecule has 15 heavy (non-hydrogen) atoms. The Balaban J connectivity index is 2.90. The van der Waals surface area contributed by atoms with E-state index >= 15 is 0 Å². The first-order chi connectivity index (χ1) is 7.06. The summed E-state index contributed by atoms with van der Waals surface area (Å²) in [5.41, 5.74) is 0.564. The van der Waals surface area contributed by atoms with Crippen LogP contribution >= 0.6 is 23.2 Å². The standard InChI is InChI=1S/C9H6Cl2N2O2/c10-8(5-12)9(11)6-1-3-7(4-2-6)13(14)15/h1-4,8-9H. The third-order valence-corrected chi connectivity index (χ3v) is 2.79. The normalized spacial score (nSPS) is 13.9. The average Bonchev–Trinajstić information content (AvgIpc) is 2.27. The van der Waals surface area contributed by atoms with Gasteiger partial charge in [0, 0.05) is 12.1 Å². The largest absolute Gasteiger partial charge is 0.269 e. The van der Waals surface area contributed by atoms with Crippen molar-refractivity contribution in [2.24, 2.45) is 0 Å². The molecule has 6 heteroatoms. The summed E-state index contributed by atoms with van der Waals surface area (Å²) in [5.74, 6) is 0. The smallest absolute Gasteiger partial charge is 0.258 e. The van der Waals surface area contributed by atoms with Crippen LogP contribution in [0.4, 0.5) is 5.69 Å². The summed E-state index contributed by atoms with van der Waals surface area (Å²) in [7, 11) is 0. The van der Waals surface area contributed by atoms with E-state index in [-0.39, 0.29) is 5.69 Å². The van der Waals surface area contributed by atoms with Gasteiger partial charge in [0.15, 0.2) is 0 Å². The molecule has 2 unspecified atom stereocenters. The van der Waals surface area contributed by atoms with Gasteiger partial charge < -0.3 is 0 Å². The fourth-order valence-corrected chi connectivity index (χ4v) is 1.36. The van der Waals surface area contributed by atoms with Crippen molar-refractivity contribution in [3.8, 4) is 6.07 Å². The maximum atomic E-state index is 10.4. The van der Waals surface area contributed by atoms with Gasteiger partial charge in [-0.05, 0) is 5.56 Å². The second kappa shape index (κ2) is 4.96. The van der Waals surface area contributed by atoms with Crippen LogP contribution in [0.15, 0.2) is 24.3 Å². The van der Waals surface area contributed by atoms with Gasteiger partial charge in [0.05, 0.1) is 16.4 Å². The number of non-ortho nitro benzene ring substituents is 1. The van der Waals surface area contributed by atoms with Crippen molar-refractivity contribution in [2.45, 2.75) is 10.8 Å². The van der Waals surface area contributed by atoms with E-state index in [9.17, 15) is 10.1 Å². The molecule has 1 rings (SSSR count). The van der Waals surface area contributed by atoms with Crippen LogP contribution in [0.5, 0.6) is 0 Å². The number of nitro groups is 1. The second-order valence-electron chi connectivity index (χ2n) is 2.78. The SMILES string of the molecule is N#CC(Cl)C(Cl)c1ccc([N+](=O)[O-])cc1. The molecule has 0 saturated heterocycles. The predicted octanol–water partition coefficient (Wildman–Crippen LogP) is 3.01. The molecule has 2 atom stereocenters. The van der Waals surface area contributed by atoms with Crippen LogP contribution in [0.25, 0.3) is 0 Å². The Hall–Kier alpha value is -1.31. The Morgan fingerprint density at radius 1 is 1.33 bits per heavy atom. The molecule has 0 aromatic heterocycles. The first-order valence-electron chi connectivity index (χ1n) is 3.98. The summed E-state index contributed by atoms with van der Waals surface area (Å²) in [6, 6.07) is 7.43. The van der Waals surface area contributed by atoms with E-state index in [1.807, 2.05) is 0 Å². The maximum Gasteiger partial charge on any atom is 0.269 e. The molecule has 0 aliphatic carbocycles. The predicted molar refractivity (Wildman–Crippen MR) is 56.9 cm³/mol. The highest BCUT2D eigenvalue weighted by molar-refractivity contribution is 6.31. The van der Waals surface area contributed by atoms with Crippen molar-refractivity contribution in [1.82, 2.24) is 0 Å². The van der Waals surface area contributed by atoms with Crippen molar-refractivity contribution in [3.05, 3.63) is 39.9 Å². The molecule has 0 aliphatic rings. The molecule has 0 radical (unpaired) electrons. The number of benzene rings is 1. The first kappa shape index (κ1) is 11.8. The summed E-state index contributed by atoms with van der Waals surface area (Å²) in [6.45, 7) is 0. The van der Waals surface area contributed by atoms with Crippen LogP contribution in [-0.4, -0.2) is 10.3 Å². The minimum atomic E-state index is -0.854. The summed E-state index contributed by atoms with van der Waals surface area (Å²) >= 11 is 11.5. The van der Waals surface area contributed by atoms with Gasteiger partial charge in [-0.1, -0.05) is 12.1 Å². The molecule has 4 nitrogen and oxygen atoms in total. The van der Waals surface area contributed by atoms with Crippen molar-refractivity contribution < 1.29 is 4.92 Å². The van der Waals surface area contributed by atoms with E-state index in [0.717, 1.165) is 0 Å². The van der Waals surface area contributed by atoms with Crippen LogP contribution in [0.3, 0.4) is 0 Å². The molecule has 1 aromatic carbocycles. The van der Waals surface area contributed by atoms with Crippen molar-refractivity contribution >= 4 is 28.9 Å². The molecule has 0 spiro atoms. The second-order valence-corrected chi connectivity index (χ2v) is 3.72. The number of hydrogen-bond acceptors (Lipinski definition) is 3. The molecule has 0 amide bonds. The number of nitriles is 1. The van der Waals surface area contributed by atoms with Gasteiger partial charge >= 0.3 is 0 Å². The van der Waals surface area contributed by atoms with Crippen molar-refractivity contribution in [1.29, 1.82) is 5.26 Å². The summed E-state index contributed by atoms with van der Waals surface area (Å²) in [4.78, 5) is 9.86. The third kappa shape index (κ3) is 2.82. The quantitative estimate of drug-likeness (QED) is 0.467. The summed E-state index contributed by atoms with van der Waals surface area (Å²) in [5, 5.41) is 17.4. The molecule has 0 N–H and O–H groups in total. The topological polar surface area (TPSA) is 66.9 Å². The van der Waals surface area contributed by atoms with Crippen LogP contribution in [0, 0.1) is 21.4 Å². The van der Waals surface area contributed by atoms with Gasteiger partial charge in [-0.15, -0.1) is 23.2 Å². The molecule has 0 saturated carbocycles. The van der Waals surface area contributed by atoms with E-state index in [1.54, 1.807) is 6.07 Å². The Morgan fingerprint density at radius 2 is 1.87 bits per heavy atom. The number of hydrogen-bond donors (Lipinski definition) is 0. The molecule has 0 aliphatic heterocycles. The lowest BCUT2D eigenvalue weighted by atomic mass is 10.1. The van der Waals surface area contributed by atoms with Crippen LogP contribution in [0.2, 0.25) is 0 Å². The Kier molecular flexibility index (Phi) is 3.89. The molecule has 1 aromatic rings. The van der Waals surface area contributed by atoms with E-state index in [0.29, 0.717) is 5.56 Å². The Bertz CT molecular complexity index is 400. The minimum absolute atomic E-state index is 0.0225. The molecular formula is C9H6Cl2N2O2. The van der Waals surface area contributed by atoms with Gasteiger partial charge in [0.25, 0.3) is 5.69 Å². The molecule has 0 fully saturated rings. The average molecular weight is 245 g/mol. The van der Waals surface area contributed by atoms with E-state index < -0.39 is 15.7 Å². The zero-order valence-electron chi connectivity index (χ0n) is 7.43. The van der Waals surface area contributed by atoms with Crippen molar-refractivity contribution in [3.63, 3.8) is 0 Å². The van der Waals surface area contributed by atoms with Gasteiger partial charge in [0.1, 0.15) is 5.38 Å². The first-order valence-corrected chi connectivity index (χ1v) is 4.85. The lowest BCUT2D eigenvalue weighted by molar-refractivity contribution is -0.384. The molecular weight excluding hydrogens is 239 g/mol. The van der Waals surface area contributed by atoms with E-state index in [4.69, 9.17) is 28.5 Å². The monoisotopic (exact) mass is 244 g/mol. The molecule has 78 valence electrons. The lowest BCUT2D eigenvalue weighted by Gasteiger charge is -2.09. The number of nitro benzene ring substituents is 1. The fourth-order valence-electron chi connectivity index (χ4n) is 1.01. The van der Waals surface area contributed by atoms with E-state index in [2.05, 4.69) is 0 Å². The van der Waals surface area contributed by atoms with Gasteiger partial charge in [0.2, 0.25) is 0 Å². The zero-order valence-corrected chi connectivity index (χ0v) is 8.94. The number of nitrogens with zero attached hydrogens (tertiary/aromatic N) is 2. The maximum absolute atomic E-state index is 10.4. The van der Waals surface area contributed by atoms with Crippen LogP contribution < -0.4 is 0 Å². The molecule has 0 heterocycles. The number of halogens is 2. The van der Waals surface area contributed by atoms with Gasteiger partial charge in [-0.2, -0.15) is 5.26 Å². The highest BCUT2D eigenvalue weighted by Gasteiger charge is 2.18. The minimum Gasteiger partial charge on any atom is -0.258 e. The molecule has 0 bridgehead atoms. The zero-order chi connectivity index (χ0) is 11.4. The Labute approximate surface area is 96.2 Å². The van der Waals surface area contributed by atoms with E-state index in [1.165, 1.54) is 24.3 Å². The summed E-state index contributed by atoms with van der Waals surface area (Å²) in [6.07, 6.45) is 0. The lowest BCUT2D eigenvalue weighted by Crippen LogP contribution is -2.04. The number of alkyl halides is 2. The van der Waals surface area contributed by atoms with Crippen LogP contribution in [-0.2, 0) is 0 Å². The summed E-state index contributed by atoms with van der Waals surface area (Å²) < 4.78 is 0. The third-order valence-electron chi connectivity index (χ3n) is 1.80. The van der Waals surface area contributed by atoms with Crippen LogP contribution in [0.1, 0.15) is 10.9 Å². The highest BCUT2D eigenvalue weighted by Crippen LogP contribution is 2.28. The van der Waals surface area contributed by atoms with Gasteiger partial charge in [-0.25, -0.2) is 0 Å².